The number of aromatic nitrogens is 2. The maximum atomic E-state index is 12.3. The summed E-state index contributed by atoms with van der Waals surface area (Å²) >= 11 is 11.4. The van der Waals surface area contributed by atoms with Gasteiger partial charge in [-0.3, -0.25) is 9.48 Å². The largest absolute Gasteiger partial charge is 0.336 e. The number of aryl methyl sites for hydroxylation is 2. The van der Waals surface area contributed by atoms with Crippen molar-refractivity contribution in [3.8, 4) is 0 Å². The van der Waals surface area contributed by atoms with Gasteiger partial charge in [0, 0.05) is 38.1 Å². The summed E-state index contributed by atoms with van der Waals surface area (Å²) in [5, 5.41) is 4.26. The molecule has 6 heteroatoms. The minimum atomic E-state index is -0.0451. The minimum absolute atomic E-state index is 0.0451. The molecule has 0 atom stereocenters. The summed E-state index contributed by atoms with van der Waals surface area (Å²) in [5.41, 5.74) is 1.46. The number of nitrogens with zero attached hydrogens (tertiary/aromatic N) is 3. The van der Waals surface area contributed by atoms with E-state index in [1.807, 2.05) is 14.0 Å². The fourth-order valence-electron chi connectivity index (χ4n) is 1.66. The highest BCUT2D eigenvalue weighted by Crippen LogP contribution is 2.11. The monoisotopic (exact) mass is 277 g/mol. The van der Waals surface area contributed by atoms with Crippen molar-refractivity contribution < 1.29 is 4.79 Å². The molecule has 0 aliphatic rings. The first-order chi connectivity index (χ1) is 8.13. The smallest absolute Gasteiger partial charge is 0.257 e. The van der Waals surface area contributed by atoms with Crippen molar-refractivity contribution in [1.82, 2.24) is 14.7 Å². The number of carbonyl (C=O) groups excluding carboxylic acids is 1. The number of halogens is 2. The van der Waals surface area contributed by atoms with Gasteiger partial charge in [-0.25, -0.2) is 0 Å². The fraction of sp³-hybridized carbons (Fsp3) is 0.636. The molecule has 96 valence electrons. The molecule has 0 radical (unpaired) electrons. The molecule has 4 nitrogen and oxygen atoms in total. The topological polar surface area (TPSA) is 38.1 Å². The van der Waals surface area contributed by atoms with Crippen molar-refractivity contribution >= 4 is 29.1 Å². The average Bonchev–Trinajstić information content (AvgIpc) is 2.69. The van der Waals surface area contributed by atoms with Gasteiger partial charge in [0.05, 0.1) is 11.3 Å². The molecule has 1 rings (SSSR count). The van der Waals surface area contributed by atoms with Crippen molar-refractivity contribution in [2.45, 2.75) is 13.3 Å². The van der Waals surface area contributed by atoms with Crippen LogP contribution in [0.5, 0.6) is 0 Å². The van der Waals surface area contributed by atoms with Crippen LogP contribution in [-0.4, -0.2) is 45.4 Å². The Bertz CT molecular complexity index is 373. The first-order valence-corrected chi connectivity index (χ1v) is 6.64. The van der Waals surface area contributed by atoms with Crippen LogP contribution in [0.15, 0.2) is 6.20 Å². The van der Waals surface area contributed by atoms with Crippen LogP contribution in [0.4, 0.5) is 0 Å². The second kappa shape index (κ2) is 6.87. The SMILES string of the molecule is CCc1nn(C)cc1C(=O)N(CCCl)CCCl. The number of carbonyl (C=O) groups is 1. The molecular weight excluding hydrogens is 261 g/mol. The predicted molar refractivity (Wildman–Crippen MR) is 69.9 cm³/mol. The highest BCUT2D eigenvalue weighted by molar-refractivity contribution is 6.18. The minimum Gasteiger partial charge on any atom is -0.336 e. The van der Waals surface area contributed by atoms with E-state index in [9.17, 15) is 4.79 Å². The Labute approximate surface area is 111 Å². The maximum Gasteiger partial charge on any atom is 0.257 e. The van der Waals surface area contributed by atoms with Crippen LogP contribution >= 0.6 is 23.2 Å². The van der Waals surface area contributed by atoms with Crippen molar-refractivity contribution in [3.05, 3.63) is 17.5 Å². The summed E-state index contributed by atoms with van der Waals surface area (Å²) in [6, 6.07) is 0. The van der Waals surface area contributed by atoms with Crippen molar-refractivity contribution in [1.29, 1.82) is 0 Å². The molecule has 0 saturated heterocycles. The van der Waals surface area contributed by atoms with Gasteiger partial charge >= 0.3 is 0 Å². The second-order valence-electron chi connectivity index (χ2n) is 3.69. The van der Waals surface area contributed by atoms with Gasteiger partial charge in [0.2, 0.25) is 0 Å². The zero-order valence-corrected chi connectivity index (χ0v) is 11.6. The van der Waals surface area contributed by atoms with E-state index >= 15 is 0 Å². The zero-order valence-electron chi connectivity index (χ0n) is 10.1. The van der Waals surface area contributed by atoms with Gasteiger partial charge in [0.25, 0.3) is 5.91 Å². The van der Waals surface area contributed by atoms with Crippen molar-refractivity contribution in [2.75, 3.05) is 24.8 Å². The third kappa shape index (κ3) is 3.61. The lowest BCUT2D eigenvalue weighted by Gasteiger charge is -2.20. The summed E-state index contributed by atoms with van der Waals surface area (Å²) in [7, 11) is 1.81. The zero-order chi connectivity index (χ0) is 12.8. The van der Waals surface area contributed by atoms with E-state index in [1.165, 1.54) is 0 Å². The molecule has 0 aliphatic heterocycles. The highest BCUT2D eigenvalue weighted by Gasteiger charge is 2.20. The van der Waals surface area contributed by atoms with Gasteiger partial charge in [-0.2, -0.15) is 5.10 Å². The van der Waals surface area contributed by atoms with Crippen LogP contribution in [0.25, 0.3) is 0 Å². The van der Waals surface area contributed by atoms with E-state index < -0.39 is 0 Å². The number of hydrogen-bond acceptors (Lipinski definition) is 2. The van der Waals surface area contributed by atoms with Crippen LogP contribution in [-0.2, 0) is 13.5 Å². The summed E-state index contributed by atoms with van der Waals surface area (Å²) in [6.45, 7) is 2.99. The van der Waals surface area contributed by atoms with E-state index in [1.54, 1.807) is 15.8 Å². The van der Waals surface area contributed by atoms with Crippen LogP contribution < -0.4 is 0 Å². The standard InChI is InChI=1S/C11H17Cl2N3O/c1-3-10-9(8-15(2)14-10)11(17)16(6-4-12)7-5-13/h8H,3-7H2,1-2H3. The number of hydrogen-bond donors (Lipinski definition) is 0. The molecule has 1 amide bonds. The molecule has 0 spiro atoms. The molecule has 0 N–H and O–H groups in total. The van der Waals surface area contributed by atoms with Gasteiger partial charge in [0.1, 0.15) is 0 Å². The van der Waals surface area contributed by atoms with Crippen LogP contribution in [0, 0.1) is 0 Å². The van der Waals surface area contributed by atoms with Crippen molar-refractivity contribution in [2.24, 2.45) is 7.05 Å². The van der Waals surface area contributed by atoms with Crippen LogP contribution in [0.3, 0.4) is 0 Å². The molecule has 0 bridgehead atoms. The molecule has 17 heavy (non-hydrogen) atoms. The van der Waals surface area contributed by atoms with Crippen LogP contribution in [0.1, 0.15) is 23.0 Å². The van der Waals surface area contributed by atoms with Gasteiger partial charge in [0.15, 0.2) is 0 Å². The first kappa shape index (κ1) is 14.3. The normalized spacial score (nSPS) is 10.6. The quantitative estimate of drug-likeness (QED) is 0.745. The first-order valence-electron chi connectivity index (χ1n) is 5.57. The number of amides is 1. The van der Waals surface area contributed by atoms with Crippen molar-refractivity contribution in [3.63, 3.8) is 0 Å². The molecule has 0 unspecified atom stereocenters. The van der Waals surface area contributed by atoms with Crippen LogP contribution in [0.2, 0.25) is 0 Å². The Morgan fingerprint density at radius 2 is 2.00 bits per heavy atom. The van der Waals surface area contributed by atoms with Gasteiger partial charge < -0.3 is 4.90 Å². The van der Waals surface area contributed by atoms with E-state index in [2.05, 4.69) is 5.10 Å². The Kier molecular flexibility index (Phi) is 5.78. The third-order valence-corrected chi connectivity index (χ3v) is 2.80. The molecule has 1 aromatic heterocycles. The molecule has 0 aliphatic carbocycles. The molecule has 0 saturated carbocycles. The van der Waals surface area contributed by atoms with Gasteiger partial charge in [-0.05, 0) is 6.42 Å². The van der Waals surface area contributed by atoms with E-state index in [4.69, 9.17) is 23.2 Å². The van der Waals surface area contributed by atoms with E-state index in [0.717, 1.165) is 12.1 Å². The molecule has 1 heterocycles. The number of rotatable bonds is 6. The third-order valence-electron chi connectivity index (χ3n) is 2.47. The Hall–Kier alpha value is -0.740. The molecule has 0 aromatic carbocycles. The second-order valence-corrected chi connectivity index (χ2v) is 4.44. The predicted octanol–water partition coefficient (Wildman–Crippen LogP) is 1.90. The molecule has 0 fully saturated rings. The average molecular weight is 278 g/mol. The molecule has 1 aromatic rings. The summed E-state index contributed by atoms with van der Waals surface area (Å²) in [5.74, 6) is 0.769. The number of alkyl halides is 2. The Morgan fingerprint density at radius 1 is 1.41 bits per heavy atom. The Balaban J connectivity index is 2.91. The van der Waals surface area contributed by atoms with E-state index in [-0.39, 0.29) is 5.91 Å². The maximum absolute atomic E-state index is 12.3. The van der Waals surface area contributed by atoms with E-state index in [0.29, 0.717) is 30.4 Å². The summed E-state index contributed by atoms with van der Waals surface area (Å²) in [4.78, 5) is 13.9. The summed E-state index contributed by atoms with van der Waals surface area (Å²) < 4.78 is 1.66. The lowest BCUT2D eigenvalue weighted by atomic mass is 10.2. The van der Waals surface area contributed by atoms with Gasteiger partial charge in [-0.15, -0.1) is 23.2 Å². The molecular formula is C11H17Cl2N3O. The lowest BCUT2D eigenvalue weighted by Crippen LogP contribution is -2.34. The van der Waals surface area contributed by atoms with Gasteiger partial charge in [-0.1, -0.05) is 6.92 Å². The fourth-order valence-corrected chi connectivity index (χ4v) is 2.07. The lowest BCUT2D eigenvalue weighted by molar-refractivity contribution is 0.0774. The Morgan fingerprint density at radius 3 is 2.47 bits per heavy atom. The highest BCUT2D eigenvalue weighted by atomic mass is 35.5. The summed E-state index contributed by atoms with van der Waals surface area (Å²) in [6.07, 6.45) is 2.48.